The van der Waals surface area contributed by atoms with Crippen molar-refractivity contribution in [2.45, 2.75) is 36.7 Å². The van der Waals surface area contributed by atoms with E-state index in [1.807, 2.05) is 4.90 Å². The summed E-state index contributed by atoms with van der Waals surface area (Å²) in [4.78, 5) is 14.3. The number of rotatable bonds is 2. The molecule has 0 unspecified atom stereocenters. The summed E-state index contributed by atoms with van der Waals surface area (Å²) in [5.74, 6) is -0.0960. The lowest BCUT2D eigenvalue weighted by Gasteiger charge is -2.40. The van der Waals surface area contributed by atoms with Crippen LogP contribution in [0.2, 0.25) is 5.02 Å². The van der Waals surface area contributed by atoms with E-state index in [1.165, 1.54) is 16.4 Å². The number of carbonyl (C=O) groups is 1. The summed E-state index contributed by atoms with van der Waals surface area (Å²) in [6, 6.07) is 5.42. The third kappa shape index (κ3) is 2.45. The maximum Gasteiger partial charge on any atom is 0.243 e. The summed E-state index contributed by atoms with van der Waals surface area (Å²) in [7, 11) is -3.67. The van der Waals surface area contributed by atoms with Gasteiger partial charge in [-0.15, -0.1) is 0 Å². The van der Waals surface area contributed by atoms with Crippen molar-refractivity contribution in [3.8, 4) is 0 Å². The number of amides is 1. The number of nitrogens with zero attached hydrogens (tertiary/aromatic N) is 2. The summed E-state index contributed by atoms with van der Waals surface area (Å²) < 4.78 is 26.8. The van der Waals surface area contributed by atoms with Gasteiger partial charge < -0.3 is 4.90 Å². The first-order chi connectivity index (χ1) is 9.91. The summed E-state index contributed by atoms with van der Waals surface area (Å²) in [5.41, 5.74) is 0. The van der Waals surface area contributed by atoms with Gasteiger partial charge in [-0.2, -0.15) is 4.31 Å². The van der Waals surface area contributed by atoms with Gasteiger partial charge in [-0.05, 0) is 44.0 Å². The number of sulfonamides is 1. The molecule has 2 atom stereocenters. The molecule has 2 aliphatic heterocycles. The fourth-order valence-corrected chi connectivity index (χ4v) is 4.84. The number of hydrogen-bond acceptors (Lipinski definition) is 3. The van der Waals surface area contributed by atoms with Gasteiger partial charge in [0, 0.05) is 24.2 Å². The summed E-state index contributed by atoms with van der Waals surface area (Å²) >= 11 is 5.80. The van der Waals surface area contributed by atoms with E-state index in [-0.39, 0.29) is 16.8 Å². The number of fused-ring (bicyclic) bond motifs is 1. The Labute approximate surface area is 129 Å². The van der Waals surface area contributed by atoms with E-state index in [4.69, 9.17) is 11.6 Å². The predicted molar refractivity (Wildman–Crippen MR) is 79.5 cm³/mol. The minimum absolute atomic E-state index is 0.00998. The zero-order valence-electron chi connectivity index (χ0n) is 11.7. The van der Waals surface area contributed by atoms with Gasteiger partial charge in [0.25, 0.3) is 0 Å². The van der Waals surface area contributed by atoms with Gasteiger partial charge in [-0.3, -0.25) is 4.79 Å². The molecule has 0 radical (unpaired) electrons. The van der Waals surface area contributed by atoms with Gasteiger partial charge in [0.05, 0.1) is 4.90 Å². The van der Waals surface area contributed by atoms with Gasteiger partial charge in [-0.25, -0.2) is 8.42 Å². The van der Waals surface area contributed by atoms with Crippen molar-refractivity contribution in [1.82, 2.24) is 9.21 Å². The number of hydrogen-bond donors (Lipinski definition) is 0. The van der Waals surface area contributed by atoms with Crippen LogP contribution in [0.4, 0.5) is 0 Å². The highest BCUT2D eigenvalue weighted by Crippen LogP contribution is 2.30. The van der Waals surface area contributed by atoms with Crippen LogP contribution in [0.25, 0.3) is 0 Å². The molecule has 1 aromatic carbocycles. The van der Waals surface area contributed by atoms with Crippen LogP contribution in [-0.2, 0) is 14.8 Å². The molecule has 0 aromatic heterocycles. The van der Waals surface area contributed by atoms with Crippen LogP contribution in [0.1, 0.15) is 19.8 Å². The normalized spacial score (nSPS) is 27.0. The third-order valence-corrected chi connectivity index (χ3v) is 6.46. The first-order valence-corrected chi connectivity index (χ1v) is 8.81. The van der Waals surface area contributed by atoms with E-state index in [0.29, 0.717) is 11.6 Å². The molecule has 3 rings (SSSR count). The van der Waals surface area contributed by atoms with Crippen molar-refractivity contribution in [2.75, 3.05) is 13.1 Å². The van der Waals surface area contributed by atoms with Crippen LogP contribution in [-0.4, -0.2) is 48.7 Å². The second-order valence-electron chi connectivity index (χ2n) is 5.53. The van der Waals surface area contributed by atoms with Gasteiger partial charge >= 0.3 is 0 Å². The van der Waals surface area contributed by atoms with E-state index in [2.05, 4.69) is 0 Å². The largest absolute Gasteiger partial charge is 0.337 e. The lowest BCUT2D eigenvalue weighted by Crippen LogP contribution is -2.59. The van der Waals surface area contributed by atoms with Crippen LogP contribution in [0, 0.1) is 0 Å². The fraction of sp³-hybridized carbons (Fsp3) is 0.500. The zero-order chi connectivity index (χ0) is 15.2. The maximum absolute atomic E-state index is 12.8. The molecule has 7 heteroatoms. The van der Waals surface area contributed by atoms with E-state index >= 15 is 0 Å². The Morgan fingerprint density at radius 1 is 1.24 bits per heavy atom. The molecular weight excluding hydrogens is 312 g/mol. The standard InChI is InChI=1S/C14H17ClN2O3S/c1-10-14(18)16-8-2-3-12(16)9-17(10)21(19,20)13-6-4-11(15)5-7-13/h4-7,10,12H,2-3,8-9H2,1H3/t10-,12-/m0/s1. The van der Waals surface area contributed by atoms with Crippen molar-refractivity contribution < 1.29 is 13.2 Å². The van der Waals surface area contributed by atoms with Crippen molar-refractivity contribution in [3.63, 3.8) is 0 Å². The van der Waals surface area contributed by atoms with Crippen LogP contribution in [0.15, 0.2) is 29.2 Å². The maximum atomic E-state index is 12.8. The smallest absolute Gasteiger partial charge is 0.243 e. The summed E-state index contributed by atoms with van der Waals surface area (Å²) in [6.07, 6.45) is 1.81. The van der Waals surface area contributed by atoms with Crippen molar-refractivity contribution in [3.05, 3.63) is 29.3 Å². The Morgan fingerprint density at radius 3 is 2.57 bits per heavy atom. The highest BCUT2D eigenvalue weighted by molar-refractivity contribution is 7.89. The molecule has 1 amide bonds. The van der Waals surface area contributed by atoms with E-state index in [9.17, 15) is 13.2 Å². The third-order valence-electron chi connectivity index (χ3n) is 4.26. The highest BCUT2D eigenvalue weighted by Gasteiger charge is 2.45. The Bertz CT molecular complexity index is 659. The first kappa shape index (κ1) is 14.8. The van der Waals surface area contributed by atoms with Crippen LogP contribution < -0.4 is 0 Å². The molecule has 114 valence electrons. The molecule has 0 spiro atoms. The van der Waals surface area contributed by atoms with Crippen molar-refractivity contribution in [1.29, 1.82) is 0 Å². The number of benzene rings is 1. The molecule has 0 N–H and O–H groups in total. The Balaban J connectivity index is 1.94. The predicted octanol–water partition coefficient (Wildman–Crippen LogP) is 1.72. The molecule has 0 saturated carbocycles. The van der Waals surface area contributed by atoms with Crippen LogP contribution in [0.5, 0.6) is 0 Å². The lowest BCUT2D eigenvalue weighted by atomic mass is 10.1. The topological polar surface area (TPSA) is 57.7 Å². The average Bonchev–Trinajstić information content (AvgIpc) is 2.91. The number of halogens is 1. The second kappa shape index (κ2) is 5.26. The molecule has 2 heterocycles. The SMILES string of the molecule is C[C@H]1C(=O)N2CCC[C@H]2CN1S(=O)(=O)c1ccc(Cl)cc1. The van der Waals surface area contributed by atoms with Crippen LogP contribution >= 0.6 is 11.6 Å². The number of carbonyl (C=O) groups excluding carboxylic acids is 1. The molecule has 2 fully saturated rings. The number of piperazine rings is 1. The molecule has 1 aromatic rings. The molecule has 5 nitrogen and oxygen atoms in total. The lowest BCUT2D eigenvalue weighted by molar-refractivity contribution is -0.139. The van der Waals surface area contributed by atoms with Crippen molar-refractivity contribution in [2.24, 2.45) is 0 Å². The van der Waals surface area contributed by atoms with Crippen molar-refractivity contribution >= 4 is 27.5 Å². The Hall–Kier alpha value is -1.11. The zero-order valence-corrected chi connectivity index (χ0v) is 13.3. The molecular formula is C14H17ClN2O3S. The average molecular weight is 329 g/mol. The highest BCUT2D eigenvalue weighted by atomic mass is 35.5. The van der Waals surface area contributed by atoms with Crippen LogP contribution in [0.3, 0.4) is 0 Å². The summed E-state index contributed by atoms with van der Waals surface area (Å²) in [6.45, 7) is 2.77. The Kier molecular flexibility index (Phi) is 3.71. The minimum Gasteiger partial charge on any atom is -0.337 e. The minimum atomic E-state index is -3.67. The van der Waals surface area contributed by atoms with Gasteiger partial charge in [-0.1, -0.05) is 11.6 Å². The van der Waals surface area contributed by atoms with Gasteiger partial charge in [0.1, 0.15) is 6.04 Å². The van der Waals surface area contributed by atoms with Gasteiger partial charge in [0.15, 0.2) is 0 Å². The molecule has 2 aliphatic rings. The Morgan fingerprint density at radius 2 is 1.90 bits per heavy atom. The fourth-order valence-electron chi connectivity index (χ4n) is 3.09. The monoisotopic (exact) mass is 328 g/mol. The molecule has 0 aliphatic carbocycles. The summed E-state index contributed by atoms with van der Waals surface area (Å²) in [5, 5.41) is 0.485. The quantitative estimate of drug-likeness (QED) is 0.830. The second-order valence-corrected chi connectivity index (χ2v) is 7.86. The molecule has 0 bridgehead atoms. The molecule has 21 heavy (non-hydrogen) atoms. The van der Waals surface area contributed by atoms with E-state index in [0.717, 1.165) is 19.4 Å². The van der Waals surface area contributed by atoms with E-state index < -0.39 is 16.1 Å². The molecule has 2 saturated heterocycles. The van der Waals surface area contributed by atoms with Gasteiger partial charge in [0.2, 0.25) is 15.9 Å². The first-order valence-electron chi connectivity index (χ1n) is 6.99. The van der Waals surface area contributed by atoms with E-state index in [1.54, 1.807) is 19.1 Å².